The fraction of sp³-hybridized carbons (Fsp3) is 0.190. The molecule has 1 atom stereocenters. The van der Waals surface area contributed by atoms with Crippen LogP contribution < -0.4 is 5.32 Å². The predicted molar refractivity (Wildman–Crippen MR) is 132 cm³/mol. The van der Waals surface area contributed by atoms with Gasteiger partial charge in [0.25, 0.3) is 5.69 Å². The van der Waals surface area contributed by atoms with Gasteiger partial charge in [0, 0.05) is 40.5 Å². The van der Waals surface area contributed by atoms with Crippen molar-refractivity contribution in [3.63, 3.8) is 0 Å². The number of aromatic amines is 1. The average Bonchev–Trinajstić information content (AvgIpc) is 3.28. The molecule has 10 nitrogen and oxygen atoms in total. The minimum atomic E-state index is -0.894. The third-order valence-electron chi connectivity index (χ3n) is 5.10. The lowest BCUT2D eigenvalue weighted by molar-refractivity contribution is -0.384. The smallest absolute Gasteiger partial charge is 0.347 e. The van der Waals surface area contributed by atoms with Crippen molar-refractivity contribution in [1.82, 2.24) is 15.1 Å². The monoisotopic (exact) mass is 484 g/mol. The molecule has 1 saturated heterocycles. The number of amides is 2. The maximum absolute atomic E-state index is 12.8. The minimum absolute atomic E-state index is 0.106. The topological polar surface area (TPSA) is 127 Å². The van der Waals surface area contributed by atoms with Gasteiger partial charge in [-0.25, -0.2) is 9.80 Å². The Morgan fingerprint density at radius 1 is 1.33 bits per heavy atom. The van der Waals surface area contributed by atoms with Crippen LogP contribution in [0.4, 0.5) is 16.2 Å². The second-order valence-corrected chi connectivity index (χ2v) is 10.1. The molecule has 170 valence electrons. The predicted octanol–water partition coefficient (Wildman–Crippen LogP) is 4.77. The summed E-state index contributed by atoms with van der Waals surface area (Å²) in [5.74, 6) is 0. The lowest BCUT2D eigenvalue weighted by Crippen LogP contribution is -2.54. The molecule has 0 aliphatic carbocycles. The number of thiocarbonyl (C=S) groups is 1. The first kappa shape index (κ1) is 22.7. The number of carbonyl (C=O) groups excluding carboxylic acids is 1. The van der Waals surface area contributed by atoms with Gasteiger partial charge in [-0.15, -0.1) is 0 Å². The number of H-pyrrole nitrogens is 1. The molecule has 1 aromatic heterocycles. The highest BCUT2D eigenvalue weighted by Gasteiger charge is 2.50. The number of para-hydroxylation sites is 1. The van der Waals surface area contributed by atoms with Gasteiger partial charge in [0.05, 0.1) is 15.9 Å². The van der Waals surface area contributed by atoms with Gasteiger partial charge in [0.15, 0.2) is 10.5 Å². The molecule has 1 aliphatic rings. The molecular weight excluding hydrogens is 464 g/mol. The Kier molecular flexibility index (Phi) is 6.06. The summed E-state index contributed by atoms with van der Waals surface area (Å²) < 4.78 is -0.265. The number of nitro groups is 1. The Bertz CT molecular complexity index is 1260. The highest BCUT2D eigenvalue weighted by molar-refractivity contribution is 8.24. The Morgan fingerprint density at radius 3 is 2.73 bits per heavy atom. The number of nitrogens with one attached hydrogen (secondary N) is 2. The lowest BCUT2D eigenvalue weighted by Gasteiger charge is -2.34. The summed E-state index contributed by atoms with van der Waals surface area (Å²) in [6, 6.07) is 12.2. The molecule has 0 radical (unpaired) electrons. The quantitative estimate of drug-likeness (QED) is 0.156. The molecule has 0 spiro atoms. The average molecular weight is 485 g/mol. The number of benzene rings is 2. The standard InChI is InChI=1S/C21H20N6O4S2/c1-21(2)18(26(29)19(28)24-14-7-9-15(10-8-14)27(30)31)25(20(32)33-21)23-12-13-11-22-17-6-4-3-5-16(13)17/h3-12,18,22,29H,1-2H3,(H,24,28)/b23-12+. The van der Waals surface area contributed by atoms with E-state index < -0.39 is 21.9 Å². The zero-order valence-corrected chi connectivity index (χ0v) is 19.3. The van der Waals surface area contributed by atoms with Crippen LogP contribution >= 0.6 is 24.0 Å². The van der Waals surface area contributed by atoms with Gasteiger partial charge in [0.1, 0.15) is 0 Å². The number of carbonyl (C=O) groups is 1. The van der Waals surface area contributed by atoms with Crippen molar-refractivity contribution in [3.05, 3.63) is 70.4 Å². The van der Waals surface area contributed by atoms with E-state index in [0.717, 1.165) is 16.5 Å². The summed E-state index contributed by atoms with van der Waals surface area (Å²) in [5, 5.41) is 31.6. The third-order valence-corrected chi connectivity index (χ3v) is 6.64. The molecule has 2 amide bonds. The second-order valence-electron chi connectivity index (χ2n) is 7.80. The van der Waals surface area contributed by atoms with Gasteiger partial charge in [-0.2, -0.15) is 10.2 Å². The molecule has 0 saturated carbocycles. The van der Waals surface area contributed by atoms with Gasteiger partial charge in [-0.05, 0) is 32.0 Å². The van der Waals surface area contributed by atoms with Crippen molar-refractivity contribution in [1.29, 1.82) is 0 Å². The zero-order valence-electron chi connectivity index (χ0n) is 17.6. The number of non-ortho nitro benzene ring substituents is 1. The Hall–Kier alpha value is -3.48. The Morgan fingerprint density at radius 2 is 2.03 bits per heavy atom. The number of nitrogens with zero attached hydrogens (tertiary/aromatic N) is 4. The van der Waals surface area contributed by atoms with E-state index in [1.165, 1.54) is 41.0 Å². The molecule has 2 heterocycles. The molecule has 3 N–H and O–H groups in total. The minimum Gasteiger partial charge on any atom is -0.361 e. The van der Waals surface area contributed by atoms with Crippen molar-refractivity contribution in [3.8, 4) is 0 Å². The van der Waals surface area contributed by atoms with Gasteiger partial charge < -0.3 is 10.3 Å². The van der Waals surface area contributed by atoms with Crippen molar-refractivity contribution in [2.75, 3.05) is 5.32 Å². The number of hydrogen-bond donors (Lipinski definition) is 3. The normalized spacial score (nSPS) is 17.6. The highest BCUT2D eigenvalue weighted by Crippen LogP contribution is 2.42. The molecular formula is C21H20N6O4S2. The number of nitro benzene ring substituents is 1. The number of hydroxylamine groups is 2. The van der Waals surface area contributed by atoms with Gasteiger partial charge in [-0.1, -0.05) is 42.2 Å². The summed E-state index contributed by atoms with van der Waals surface area (Å²) in [6.07, 6.45) is 2.55. The Balaban J connectivity index is 1.55. The Labute approximate surface area is 198 Å². The van der Waals surface area contributed by atoms with Crippen molar-refractivity contribution in [2.45, 2.75) is 24.8 Å². The van der Waals surface area contributed by atoms with Crippen molar-refractivity contribution in [2.24, 2.45) is 5.10 Å². The summed E-state index contributed by atoms with van der Waals surface area (Å²) in [4.78, 5) is 26.2. The molecule has 2 aromatic carbocycles. The number of anilines is 1. The van der Waals surface area contributed by atoms with Crippen LogP contribution in [0.2, 0.25) is 0 Å². The largest absolute Gasteiger partial charge is 0.361 e. The number of rotatable bonds is 5. The van der Waals surface area contributed by atoms with Crippen molar-refractivity contribution < 1.29 is 14.9 Å². The molecule has 1 fully saturated rings. The van der Waals surface area contributed by atoms with Gasteiger partial charge in [0.2, 0.25) is 0 Å². The van der Waals surface area contributed by atoms with E-state index in [2.05, 4.69) is 15.4 Å². The van der Waals surface area contributed by atoms with E-state index in [-0.39, 0.29) is 5.69 Å². The first-order valence-corrected chi connectivity index (χ1v) is 11.1. The first-order chi connectivity index (χ1) is 15.7. The molecule has 12 heteroatoms. The van der Waals surface area contributed by atoms with E-state index >= 15 is 0 Å². The summed E-state index contributed by atoms with van der Waals surface area (Å²) in [6.45, 7) is 3.69. The number of urea groups is 1. The fourth-order valence-corrected chi connectivity index (χ4v) is 5.30. The van der Waals surface area contributed by atoms with Crippen LogP contribution in [0.5, 0.6) is 0 Å². The van der Waals surface area contributed by atoms with Crippen LogP contribution in [0.15, 0.2) is 59.8 Å². The maximum Gasteiger partial charge on any atom is 0.347 e. The van der Waals surface area contributed by atoms with Crippen LogP contribution in [-0.4, -0.2) is 52.7 Å². The lowest BCUT2D eigenvalue weighted by atomic mass is 10.1. The number of thioether (sulfide) groups is 1. The van der Waals surface area contributed by atoms with E-state index in [4.69, 9.17) is 12.2 Å². The number of fused-ring (bicyclic) bond motifs is 1. The molecule has 0 bridgehead atoms. The third kappa shape index (κ3) is 4.53. The van der Waals surface area contributed by atoms with Crippen LogP contribution in [0.25, 0.3) is 10.9 Å². The molecule has 1 aliphatic heterocycles. The van der Waals surface area contributed by atoms with Crippen molar-refractivity contribution >= 4 is 62.8 Å². The SMILES string of the molecule is CC1(C)SC(=S)N(/N=C/c2c[nH]c3ccccc23)C1N(O)C(=O)Nc1ccc([N+](=O)[O-])cc1. The number of hydrogen-bond acceptors (Lipinski definition) is 7. The summed E-state index contributed by atoms with van der Waals surface area (Å²) >= 11 is 6.78. The summed E-state index contributed by atoms with van der Waals surface area (Å²) in [5.41, 5.74) is 1.98. The van der Waals surface area contributed by atoms with Crippen LogP contribution in [0, 0.1) is 10.1 Å². The molecule has 33 heavy (non-hydrogen) atoms. The number of aromatic nitrogens is 1. The number of hydrazone groups is 1. The molecule has 3 aromatic rings. The van der Waals surface area contributed by atoms with Crippen LogP contribution in [0.3, 0.4) is 0 Å². The zero-order chi connectivity index (χ0) is 23.8. The fourth-order valence-electron chi connectivity index (χ4n) is 3.51. The maximum atomic E-state index is 12.8. The van der Waals surface area contributed by atoms with E-state index in [1.54, 1.807) is 6.21 Å². The highest BCUT2D eigenvalue weighted by atomic mass is 32.2. The molecule has 1 unspecified atom stereocenters. The van der Waals surface area contributed by atoms with Crippen LogP contribution in [0.1, 0.15) is 19.4 Å². The van der Waals surface area contributed by atoms with E-state index in [0.29, 0.717) is 15.1 Å². The van der Waals surface area contributed by atoms with E-state index in [1.807, 2.05) is 44.3 Å². The van der Waals surface area contributed by atoms with E-state index in [9.17, 15) is 20.1 Å². The second kappa shape index (κ2) is 8.81. The van der Waals surface area contributed by atoms with Gasteiger partial charge >= 0.3 is 6.03 Å². The van der Waals surface area contributed by atoms with Gasteiger partial charge in [-0.3, -0.25) is 15.3 Å². The first-order valence-electron chi connectivity index (χ1n) is 9.83. The van der Waals surface area contributed by atoms with Crippen LogP contribution in [-0.2, 0) is 0 Å². The molecule has 4 rings (SSSR count). The summed E-state index contributed by atoms with van der Waals surface area (Å²) in [7, 11) is 0.